The Bertz CT molecular complexity index is 664. The average Bonchev–Trinajstić information content (AvgIpc) is 2.75. The van der Waals surface area contributed by atoms with E-state index in [2.05, 4.69) is 0 Å². The summed E-state index contributed by atoms with van der Waals surface area (Å²) in [6.45, 7) is 5.36. The topological polar surface area (TPSA) is 57.5 Å². The minimum Gasteiger partial charge on any atom is -0.495 e. The smallest absolute Gasteiger partial charge is 0.419 e. The normalized spacial score (nSPS) is 11.4. The van der Waals surface area contributed by atoms with Gasteiger partial charge in [0.25, 0.3) is 0 Å². The molecule has 1 aromatic carbocycles. The Balaban J connectivity index is 2.64. The van der Waals surface area contributed by atoms with Crippen LogP contribution in [0.1, 0.15) is 31.1 Å². The van der Waals surface area contributed by atoms with Crippen molar-refractivity contribution in [3.63, 3.8) is 0 Å². The summed E-state index contributed by atoms with van der Waals surface area (Å²) >= 11 is 0. The van der Waals surface area contributed by atoms with Crippen molar-refractivity contribution in [3.8, 4) is 5.75 Å². The molecule has 0 radical (unpaired) electrons. The van der Waals surface area contributed by atoms with E-state index in [1.54, 1.807) is 39.0 Å². The van der Waals surface area contributed by atoms with Crippen molar-refractivity contribution in [3.05, 3.63) is 30.0 Å². The molecule has 0 saturated heterocycles. The number of nitrogens with zero attached hydrogens (tertiary/aromatic N) is 1. The summed E-state index contributed by atoms with van der Waals surface area (Å²) in [7, 11) is 1.52. The molecule has 0 bridgehead atoms. The molecule has 5 nitrogen and oxygen atoms in total. The molecule has 0 aliphatic heterocycles. The van der Waals surface area contributed by atoms with E-state index in [1.165, 1.54) is 17.9 Å². The van der Waals surface area contributed by atoms with Gasteiger partial charge in [-0.15, -0.1) is 0 Å². The number of fused-ring (bicyclic) bond motifs is 1. The second-order valence-corrected chi connectivity index (χ2v) is 5.41. The van der Waals surface area contributed by atoms with Crippen LogP contribution in [0, 0.1) is 0 Å². The summed E-state index contributed by atoms with van der Waals surface area (Å²) in [6, 6.07) is 5.27. The lowest BCUT2D eigenvalue weighted by atomic mass is 10.2. The summed E-state index contributed by atoms with van der Waals surface area (Å²) in [5, 5.41) is 0.658. The molecular formula is C15H17NO4. The zero-order valence-corrected chi connectivity index (χ0v) is 12.0. The highest BCUT2D eigenvalue weighted by molar-refractivity contribution is 6.03. The van der Waals surface area contributed by atoms with Crippen LogP contribution >= 0.6 is 0 Å². The molecule has 0 N–H and O–H groups in total. The molecule has 106 valence electrons. The molecule has 20 heavy (non-hydrogen) atoms. The molecule has 0 fully saturated rings. The molecule has 0 atom stereocenters. The summed E-state index contributed by atoms with van der Waals surface area (Å²) in [6.07, 6.45) is 1.64. The fourth-order valence-electron chi connectivity index (χ4n) is 1.99. The summed E-state index contributed by atoms with van der Waals surface area (Å²) in [5.74, 6) is 0.515. The first kappa shape index (κ1) is 14.1. The first-order valence-electron chi connectivity index (χ1n) is 6.24. The van der Waals surface area contributed by atoms with Crippen LogP contribution in [0.2, 0.25) is 0 Å². The van der Waals surface area contributed by atoms with Crippen molar-refractivity contribution in [2.45, 2.75) is 26.4 Å². The minimum absolute atomic E-state index is 0.421. The zero-order chi connectivity index (χ0) is 14.9. The lowest BCUT2D eigenvalue weighted by Gasteiger charge is -2.20. The second kappa shape index (κ2) is 5.00. The molecule has 0 aliphatic carbocycles. The number of ether oxygens (including phenoxy) is 2. The van der Waals surface area contributed by atoms with Crippen LogP contribution in [0.3, 0.4) is 0 Å². The van der Waals surface area contributed by atoms with Gasteiger partial charge in [-0.2, -0.15) is 0 Å². The number of benzene rings is 1. The number of carbonyl (C=O) groups is 2. The average molecular weight is 275 g/mol. The van der Waals surface area contributed by atoms with E-state index in [0.717, 1.165) is 0 Å². The van der Waals surface area contributed by atoms with Crippen LogP contribution in [0.15, 0.2) is 24.4 Å². The molecule has 0 unspecified atom stereocenters. The first-order chi connectivity index (χ1) is 9.37. The van der Waals surface area contributed by atoms with Crippen LogP contribution in [0.25, 0.3) is 10.9 Å². The van der Waals surface area contributed by atoms with Crippen LogP contribution in [0.5, 0.6) is 5.75 Å². The Labute approximate surface area is 117 Å². The van der Waals surface area contributed by atoms with Crippen molar-refractivity contribution in [2.75, 3.05) is 7.11 Å². The van der Waals surface area contributed by atoms with Crippen LogP contribution in [-0.2, 0) is 4.74 Å². The number of para-hydroxylation sites is 1. The standard InChI is InChI=1S/C15H17NO4/c1-15(2,3)20-14(18)16-8-10(9-17)11-6-5-7-12(19-4)13(11)16/h5-9H,1-4H3. The van der Waals surface area contributed by atoms with Gasteiger partial charge in [0.15, 0.2) is 6.29 Å². The van der Waals surface area contributed by atoms with Crippen molar-refractivity contribution in [2.24, 2.45) is 0 Å². The van der Waals surface area contributed by atoms with E-state index >= 15 is 0 Å². The number of hydrogen-bond acceptors (Lipinski definition) is 4. The predicted octanol–water partition coefficient (Wildman–Crippen LogP) is 3.25. The fraction of sp³-hybridized carbons (Fsp3) is 0.333. The largest absolute Gasteiger partial charge is 0.495 e. The van der Waals surface area contributed by atoms with Gasteiger partial charge >= 0.3 is 6.09 Å². The highest BCUT2D eigenvalue weighted by Crippen LogP contribution is 2.29. The third-order valence-corrected chi connectivity index (χ3v) is 2.76. The third-order valence-electron chi connectivity index (χ3n) is 2.76. The minimum atomic E-state index is -0.614. The summed E-state index contributed by atoms with van der Waals surface area (Å²) in [4.78, 5) is 23.4. The quantitative estimate of drug-likeness (QED) is 0.789. The number of aldehydes is 1. The number of hydrogen-bond donors (Lipinski definition) is 0. The maximum atomic E-state index is 12.2. The molecule has 0 spiro atoms. The molecule has 2 rings (SSSR count). The van der Waals surface area contributed by atoms with Gasteiger partial charge < -0.3 is 9.47 Å². The van der Waals surface area contributed by atoms with E-state index in [9.17, 15) is 9.59 Å². The van der Waals surface area contributed by atoms with E-state index in [0.29, 0.717) is 28.5 Å². The zero-order valence-electron chi connectivity index (χ0n) is 12.0. The maximum Gasteiger partial charge on any atom is 0.419 e. The highest BCUT2D eigenvalue weighted by Gasteiger charge is 2.22. The van der Waals surface area contributed by atoms with Crippen LogP contribution in [0.4, 0.5) is 4.79 Å². The molecule has 1 heterocycles. The predicted molar refractivity (Wildman–Crippen MR) is 75.5 cm³/mol. The molecule has 0 saturated carbocycles. The molecular weight excluding hydrogens is 258 g/mol. The van der Waals surface area contributed by atoms with E-state index in [4.69, 9.17) is 9.47 Å². The van der Waals surface area contributed by atoms with Crippen molar-refractivity contribution in [1.82, 2.24) is 4.57 Å². The van der Waals surface area contributed by atoms with Gasteiger partial charge in [-0.3, -0.25) is 4.79 Å². The molecule has 5 heteroatoms. The second-order valence-electron chi connectivity index (χ2n) is 5.41. The monoisotopic (exact) mass is 275 g/mol. The van der Waals surface area contributed by atoms with Gasteiger partial charge in [0.1, 0.15) is 16.9 Å². The number of aromatic nitrogens is 1. The van der Waals surface area contributed by atoms with Crippen molar-refractivity contribution < 1.29 is 19.1 Å². The molecule has 0 aliphatic rings. The Morgan fingerprint density at radius 3 is 2.55 bits per heavy atom. The fourth-order valence-corrected chi connectivity index (χ4v) is 1.99. The Morgan fingerprint density at radius 1 is 1.30 bits per heavy atom. The van der Waals surface area contributed by atoms with Gasteiger partial charge in [-0.05, 0) is 26.8 Å². The Kier molecular flexibility index (Phi) is 3.53. The SMILES string of the molecule is COc1cccc2c(C=O)cn(C(=O)OC(C)(C)C)c12. The Morgan fingerprint density at radius 2 is 2.00 bits per heavy atom. The van der Waals surface area contributed by atoms with E-state index < -0.39 is 11.7 Å². The van der Waals surface area contributed by atoms with Gasteiger partial charge in [0.2, 0.25) is 0 Å². The molecule has 2 aromatic rings. The maximum absolute atomic E-state index is 12.2. The van der Waals surface area contributed by atoms with Crippen molar-refractivity contribution in [1.29, 1.82) is 0 Å². The van der Waals surface area contributed by atoms with Crippen LogP contribution < -0.4 is 4.74 Å². The summed E-state index contributed by atoms with van der Waals surface area (Å²) < 4.78 is 11.9. The number of rotatable bonds is 2. The van der Waals surface area contributed by atoms with E-state index in [-0.39, 0.29) is 0 Å². The first-order valence-corrected chi connectivity index (χ1v) is 6.24. The lowest BCUT2D eigenvalue weighted by Crippen LogP contribution is -2.26. The van der Waals surface area contributed by atoms with Gasteiger partial charge in [-0.1, -0.05) is 12.1 Å². The highest BCUT2D eigenvalue weighted by atomic mass is 16.6. The van der Waals surface area contributed by atoms with E-state index in [1.807, 2.05) is 0 Å². The van der Waals surface area contributed by atoms with Gasteiger partial charge in [0, 0.05) is 17.1 Å². The van der Waals surface area contributed by atoms with Gasteiger partial charge in [0.05, 0.1) is 7.11 Å². The summed E-state index contributed by atoms with van der Waals surface area (Å²) in [5.41, 5.74) is 0.341. The number of methoxy groups -OCH3 is 1. The molecule has 1 aromatic heterocycles. The van der Waals surface area contributed by atoms with Crippen molar-refractivity contribution >= 4 is 23.3 Å². The Hall–Kier alpha value is -2.30. The molecule has 0 amide bonds. The lowest BCUT2D eigenvalue weighted by molar-refractivity contribution is 0.0544. The van der Waals surface area contributed by atoms with Crippen LogP contribution in [-0.4, -0.2) is 29.7 Å². The third kappa shape index (κ3) is 2.52. The number of carbonyl (C=O) groups excluding carboxylic acids is 2. The van der Waals surface area contributed by atoms with Gasteiger partial charge in [-0.25, -0.2) is 9.36 Å².